The second-order valence-electron chi connectivity index (χ2n) is 5.59. The van der Waals surface area contributed by atoms with Crippen LogP contribution in [0.1, 0.15) is 5.56 Å². The molecule has 4 aromatic rings. The molecular formula is C21H17NO. The van der Waals surface area contributed by atoms with Gasteiger partial charge in [0.05, 0.1) is 12.3 Å². The minimum Gasteiger partial charge on any atom is -0.392 e. The standard InChI is InChI=1S/C21H17NO/c23-14-20-16-10-4-6-12-18(16)21(19-13-7-5-11-17(19)20)22-15-8-2-1-3-9-15/h1-13,22-23H,14H2. The topological polar surface area (TPSA) is 32.3 Å². The SMILES string of the molecule is OCc1c2ccccc2c(Nc2ccccc2)c2ccccc12. The van der Waals surface area contributed by atoms with E-state index in [4.69, 9.17) is 0 Å². The van der Waals surface area contributed by atoms with Gasteiger partial charge in [0.1, 0.15) is 0 Å². The first-order valence-corrected chi connectivity index (χ1v) is 7.74. The Kier molecular flexibility index (Phi) is 3.45. The summed E-state index contributed by atoms with van der Waals surface area (Å²) < 4.78 is 0. The average Bonchev–Trinajstić information content (AvgIpc) is 2.62. The zero-order valence-electron chi connectivity index (χ0n) is 12.7. The molecule has 0 saturated carbocycles. The second kappa shape index (κ2) is 5.75. The van der Waals surface area contributed by atoms with Gasteiger partial charge in [0.2, 0.25) is 0 Å². The summed E-state index contributed by atoms with van der Waals surface area (Å²) in [6, 6.07) is 26.6. The maximum absolute atomic E-state index is 9.89. The van der Waals surface area contributed by atoms with Crippen LogP contribution in [-0.4, -0.2) is 5.11 Å². The van der Waals surface area contributed by atoms with Gasteiger partial charge in [-0.1, -0.05) is 66.7 Å². The van der Waals surface area contributed by atoms with Gasteiger partial charge in [-0.2, -0.15) is 0 Å². The van der Waals surface area contributed by atoms with Gasteiger partial charge in [-0.05, 0) is 28.5 Å². The van der Waals surface area contributed by atoms with Crippen LogP contribution in [0.4, 0.5) is 11.4 Å². The monoisotopic (exact) mass is 299 g/mol. The minimum absolute atomic E-state index is 0.0344. The molecule has 0 saturated heterocycles. The molecule has 0 atom stereocenters. The van der Waals surface area contributed by atoms with Crippen LogP contribution in [0.3, 0.4) is 0 Å². The molecule has 0 amide bonds. The quantitative estimate of drug-likeness (QED) is 0.508. The van der Waals surface area contributed by atoms with E-state index in [-0.39, 0.29) is 6.61 Å². The van der Waals surface area contributed by atoms with Gasteiger partial charge < -0.3 is 10.4 Å². The Morgan fingerprint density at radius 3 is 1.61 bits per heavy atom. The normalized spacial score (nSPS) is 11.0. The third-order valence-electron chi connectivity index (χ3n) is 4.24. The van der Waals surface area contributed by atoms with Crippen LogP contribution in [0.2, 0.25) is 0 Å². The van der Waals surface area contributed by atoms with Gasteiger partial charge in [0, 0.05) is 16.5 Å². The summed E-state index contributed by atoms with van der Waals surface area (Å²) in [5.74, 6) is 0. The first kappa shape index (κ1) is 13.8. The highest BCUT2D eigenvalue weighted by atomic mass is 16.3. The summed E-state index contributed by atoms with van der Waals surface area (Å²) in [5.41, 5.74) is 3.12. The van der Waals surface area contributed by atoms with Crippen molar-refractivity contribution in [2.75, 3.05) is 5.32 Å². The number of rotatable bonds is 3. The van der Waals surface area contributed by atoms with Crippen molar-refractivity contribution >= 4 is 32.9 Å². The third kappa shape index (κ3) is 2.33. The first-order valence-electron chi connectivity index (χ1n) is 7.74. The number of hydrogen-bond acceptors (Lipinski definition) is 2. The molecule has 0 aliphatic carbocycles. The van der Waals surface area contributed by atoms with Crippen molar-refractivity contribution < 1.29 is 5.11 Å². The fourth-order valence-corrected chi connectivity index (χ4v) is 3.19. The van der Waals surface area contributed by atoms with Crippen LogP contribution in [0.5, 0.6) is 0 Å². The zero-order chi connectivity index (χ0) is 15.6. The van der Waals surface area contributed by atoms with Crippen molar-refractivity contribution in [1.29, 1.82) is 0 Å². The molecule has 2 nitrogen and oxygen atoms in total. The predicted molar refractivity (Wildman–Crippen MR) is 97.1 cm³/mol. The van der Waals surface area contributed by atoms with E-state index in [1.54, 1.807) is 0 Å². The van der Waals surface area contributed by atoms with Crippen LogP contribution in [-0.2, 0) is 6.61 Å². The Morgan fingerprint density at radius 2 is 1.09 bits per heavy atom. The zero-order valence-corrected chi connectivity index (χ0v) is 12.7. The van der Waals surface area contributed by atoms with Crippen molar-refractivity contribution in [3.05, 3.63) is 84.4 Å². The molecule has 0 fully saturated rings. The Balaban J connectivity index is 2.08. The molecule has 112 valence electrons. The molecule has 0 aromatic heterocycles. The van der Waals surface area contributed by atoms with Crippen molar-refractivity contribution in [1.82, 2.24) is 0 Å². The lowest BCUT2D eigenvalue weighted by Crippen LogP contribution is -1.97. The van der Waals surface area contributed by atoms with Crippen molar-refractivity contribution in [2.24, 2.45) is 0 Å². The van der Waals surface area contributed by atoms with E-state index < -0.39 is 0 Å². The Bertz CT molecular complexity index is 920. The van der Waals surface area contributed by atoms with Gasteiger partial charge in [-0.25, -0.2) is 0 Å². The minimum atomic E-state index is 0.0344. The van der Waals surface area contributed by atoms with Crippen LogP contribution in [0, 0.1) is 0 Å². The molecule has 0 aliphatic rings. The lowest BCUT2D eigenvalue weighted by Gasteiger charge is -2.17. The average molecular weight is 299 g/mol. The largest absolute Gasteiger partial charge is 0.392 e. The highest BCUT2D eigenvalue weighted by Crippen LogP contribution is 2.38. The van der Waals surface area contributed by atoms with Crippen LogP contribution < -0.4 is 5.32 Å². The van der Waals surface area contributed by atoms with Gasteiger partial charge in [0.15, 0.2) is 0 Å². The summed E-state index contributed by atoms with van der Waals surface area (Å²) in [6.07, 6.45) is 0. The molecule has 2 N–H and O–H groups in total. The van der Waals surface area contributed by atoms with Crippen LogP contribution in [0.15, 0.2) is 78.9 Å². The lowest BCUT2D eigenvalue weighted by atomic mass is 9.95. The summed E-state index contributed by atoms with van der Waals surface area (Å²) >= 11 is 0. The molecule has 0 bridgehead atoms. The number of benzene rings is 4. The van der Waals surface area contributed by atoms with Crippen molar-refractivity contribution in [3.63, 3.8) is 0 Å². The molecular weight excluding hydrogens is 282 g/mol. The van der Waals surface area contributed by atoms with Crippen molar-refractivity contribution in [3.8, 4) is 0 Å². The Labute approximate surface area is 135 Å². The summed E-state index contributed by atoms with van der Waals surface area (Å²) in [6.45, 7) is 0.0344. The maximum atomic E-state index is 9.89. The summed E-state index contributed by atoms with van der Waals surface area (Å²) in [7, 11) is 0. The van der Waals surface area contributed by atoms with E-state index in [2.05, 4.69) is 41.7 Å². The first-order chi connectivity index (χ1) is 11.4. The van der Waals surface area contributed by atoms with Gasteiger partial charge in [-0.15, -0.1) is 0 Å². The number of aliphatic hydroxyl groups is 1. The molecule has 0 aliphatic heterocycles. The van der Waals surface area contributed by atoms with E-state index in [1.807, 2.05) is 42.5 Å². The summed E-state index contributed by atoms with van der Waals surface area (Å²) in [5, 5.41) is 17.9. The second-order valence-corrected chi connectivity index (χ2v) is 5.59. The van der Waals surface area contributed by atoms with Crippen molar-refractivity contribution in [2.45, 2.75) is 6.61 Å². The number of aliphatic hydroxyl groups excluding tert-OH is 1. The molecule has 4 aromatic carbocycles. The maximum Gasteiger partial charge on any atom is 0.0693 e. The van der Waals surface area contributed by atoms with Gasteiger partial charge >= 0.3 is 0 Å². The molecule has 0 spiro atoms. The van der Waals surface area contributed by atoms with Crippen LogP contribution in [0.25, 0.3) is 21.5 Å². The predicted octanol–water partition coefficient (Wildman–Crippen LogP) is 5.23. The van der Waals surface area contributed by atoms with E-state index in [9.17, 15) is 5.11 Å². The van der Waals surface area contributed by atoms with E-state index in [0.29, 0.717) is 0 Å². The molecule has 0 radical (unpaired) electrons. The number of anilines is 2. The molecule has 0 unspecified atom stereocenters. The highest BCUT2D eigenvalue weighted by Gasteiger charge is 2.12. The number of para-hydroxylation sites is 1. The fourth-order valence-electron chi connectivity index (χ4n) is 3.19. The molecule has 4 rings (SSSR count). The number of hydrogen-bond donors (Lipinski definition) is 2. The highest BCUT2D eigenvalue weighted by molar-refractivity contribution is 6.14. The Morgan fingerprint density at radius 1 is 0.609 bits per heavy atom. The van der Waals surface area contributed by atoms with E-state index in [1.165, 1.54) is 0 Å². The Hall–Kier alpha value is -2.84. The number of nitrogens with one attached hydrogen (secondary N) is 1. The smallest absolute Gasteiger partial charge is 0.0693 e. The van der Waals surface area contributed by atoms with Crippen LogP contribution >= 0.6 is 0 Å². The van der Waals surface area contributed by atoms with Gasteiger partial charge in [0.25, 0.3) is 0 Å². The molecule has 2 heteroatoms. The van der Waals surface area contributed by atoms with E-state index >= 15 is 0 Å². The molecule has 0 heterocycles. The fraction of sp³-hybridized carbons (Fsp3) is 0.0476. The molecule has 23 heavy (non-hydrogen) atoms. The number of fused-ring (bicyclic) bond motifs is 2. The van der Waals surface area contributed by atoms with Gasteiger partial charge in [-0.3, -0.25) is 0 Å². The van der Waals surface area contributed by atoms with E-state index in [0.717, 1.165) is 38.5 Å². The third-order valence-corrected chi connectivity index (χ3v) is 4.24. The summed E-state index contributed by atoms with van der Waals surface area (Å²) in [4.78, 5) is 0. The lowest BCUT2D eigenvalue weighted by molar-refractivity contribution is 0.285.